The van der Waals surface area contributed by atoms with Crippen LogP contribution in [0.25, 0.3) is 5.78 Å². The molecule has 4 rings (SSSR count). The van der Waals surface area contributed by atoms with Crippen LogP contribution in [0.4, 0.5) is 5.69 Å². The number of nitrogens with zero attached hydrogens (tertiary/aromatic N) is 5. The first-order valence-corrected chi connectivity index (χ1v) is 10.3. The molecule has 0 atom stereocenters. The molecule has 2 heterocycles. The molecule has 0 fully saturated rings. The van der Waals surface area contributed by atoms with Crippen LogP contribution in [-0.2, 0) is 11.3 Å². The van der Waals surface area contributed by atoms with Gasteiger partial charge >= 0.3 is 0 Å². The fourth-order valence-electron chi connectivity index (χ4n) is 3.11. The standard InChI is InChI=1S/C22H21N5OS/c1-16-13-17(2)27-21(23-16)24-22(25-27)29-15-20(28)26(19-11-7-4-8-12-19)14-18-9-5-3-6-10-18/h3-13H,14-15H2,1-2H3. The van der Waals surface area contributed by atoms with Gasteiger partial charge in [-0.3, -0.25) is 4.79 Å². The van der Waals surface area contributed by atoms with E-state index < -0.39 is 0 Å². The summed E-state index contributed by atoms with van der Waals surface area (Å²) in [7, 11) is 0. The smallest absolute Gasteiger partial charge is 0.253 e. The zero-order chi connectivity index (χ0) is 20.2. The van der Waals surface area contributed by atoms with Crippen molar-refractivity contribution < 1.29 is 4.79 Å². The number of para-hydroxylation sites is 1. The van der Waals surface area contributed by atoms with Gasteiger partial charge in [-0.25, -0.2) is 9.50 Å². The maximum absolute atomic E-state index is 13.1. The first-order chi connectivity index (χ1) is 14.1. The Morgan fingerprint density at radius 2 is 1.69 bits per heavy atom. The van der Waals surface area contributed by atoms with Crippen LogP contribution in [0.5, 0.6) is 0 Å². The van der Waals surface area contributed by atoms with Gasteiger partial charge in [-0.1, -0.05) is 60.3 Å². The summed E-state index contributed by atoms with van der Waals surface area (Å²) in [6.07, 6.45) is 0. The summed E-state index contributed by atoms with van der Waals surface area (Å²) in [5, 5.41) is 5.03. The van der Waals surface area contributed by atoms with E-state index in [1.165, 1.54) is 11.8 Å². The van der Waals surface area contributed by atoms with E-state index in [0.29, 0.717) is 17.5 Å². The zero-order valence-corrected chi connectivity index (χ0v) is 17.1. The Kier molecular flexibility index (Phi) is 5.57. The first-order valence-electron chi connectivity index (χ1n) is 9.33. The minimum absolute atomic E-state index is 0.00442. The van der Waals surface area contributed by atoms with E-state index in [-0.39, 0.29) is 11.7 Å². The summed E-state index contributed by atoms with van der Waals surface area (Å²) in [6, 6.07) is 21.7. The average molecular weight is 404 g/mol. The summed E-state index contributed by atoms with van der Waals surface area (Å²) >= 11 is 1.33. The molecule has 7 heteroatoms. The minimum Gasteiger partial charge on any atom is -0.307 e. The summed E-state index contributed by atoms with van der Waals surface area (Å²) in [5.74, 6) is 0.808. The lowest BCUT2D eigenvalue weighted by molar-refractivity contribution is -0.116. The Balaban J connectivity index is 1.53. The summed E-state index contributed by atoms with van der Waals surface area (Å²) in [5.41, 5.74) is 3.82. The number of aromatic nitrogens is 4. The Bertz CT molecular complexity index is 1130. The molecule has 1 amide bonds. The number of hydrogen-bond donors (Lipinski definition) is 0. The Labute approximate surface area is 173 Å². The lowest BCUT2D eigenvalue weighted by Gasteiger charge is -2.22. The second kappa shape index (κ2) is 8.45. The Hall–Kier alpha value is -3.19. The van der Waals surface area contributed by atoms with E-state index in [2.05, 4.69) is 15.1 Å². The second-order valence-corrected chi connectivity index (χ2v) is 7.68. The predicted molar refractivity (Wildman–Crippen MR) is 115 cm³/mol. The van der Waals surface area contributed by atoms with E-state index >= 15 is 0 Å². The molecule has 0 bridgehead atoms. The highest BCUT2D eigenvalue weighted by molar-refractivity contribution is 7.99. The fourth-order valence-corrected chi connectivity index (χ4v) is 3.80. The second-order valence-electron chi connectivity index (χ2n) is 6.73. The molecule has 0 radical (unpaired) electrons. The lowest BCUT2D eigenvalue weighted by atomic mass is 10.2. The SMILES string of the molecule is Cc1cc(C)n2nc(SCC(=O)N(Cc3ccccc3)c3ccccc3)nc2n1. The number of carbonyl (C=O) groups excluding carboxylic acids is 1. The number of carbonyl (C=O) groups is 1. The van der Waals surface area contributed by atoms with Crippen molar-refractivity contribution in [1.29, 1.82) is 0 Å². The Morgan fingerprint density at radius 3 is 2.41 bits per heavy atom. The van der Waals surface area contributed by atoms with Gasteiger partial charge in [-0.2, -0.15) is 4.98 Å². The highest BCUT2D eigenvalue weighted by Crippen LogP contribution is 2.21. The highest BCUT2D eigenvalue weighted by Gasteiger charge is 2.18. The molecule has 6 nitrogen and oxygen atoms in total. The van der Waals surface area contributed by atoms with E-state index in [4.69, 9.17) is 0 Å². The van der Waals surface area contributed by atoms with Crippen LogP contribution in [0.2, 0.25) is 0 Å². The van der Waals surface area contributed by atoms with Gasteiger partial charge in [0.1, 0.15) is 0 Å². The molecule has 29 heavy (non-hydrogen) atoms. The third-order valence-electron chi connectivity index (χ3n) is 4.48. The maximum atomic E-state index is 13.1. The molecule has 146 valence electrons. The summed E-state index contributed by atoms with van der Waals surface area (Å²) < 4.78 is 1.71. The Morgan fingerprint density at radius 1 is 1.00 bits per heavy atom. The molecule has 0 saturated carbocycles. The van der Waals surface area contributed by atoms with E-state index in [1.807, 2.05) is 80.6 Å². The van der Waals surface area contributed by atoms with Crippen LogP contribution >= 0.6 is 11.8 Å². The van der Waals surface area contributed by atoms with Gasteiger partial charge in [0.05, 0.1) is 12.3 Å². The monoisotopic (exact) mass is 403 g/mol. The summed E-state index contributed by atoms with van der Waals surface area (Å²) in [4.78, 5) is 23.7. The van der Waals surface area contributed by atoms with Crippen LogP contribution in [0.1, 0.15) is 17.0 Å². The van der Waals surface area contributed by atoms with Gasteiger partial charge in [0.2, 0.25) is 11.1 Å². The van der Waals surface area contributed by atoms with Crippen LogP contribution in [0.15, 0.2) is 71.9 Å². The third kappa shape index (κ3) is 4.46. The van der Waals surface area contributed by atoms with Crippen molar-refractivity contribution in [2.45, 2.75) is 25.5 Å². The van der Waals surface area contributed by atoms with Crippen LogP contribution < -0.4 is 4.90 Å². The molecule has 2 aromatic carbocycles. The quantitative estimate of drug-likeness (QED) is 0.454. The molecule has 0 aliphatic heterocycles. The minimum atomic E-state index is 0.00442. The predicted octanol–water partition coefficient (Wildman–Crippen LogP) is 4.07. The van der Waals surface area contributed by atoms with Gasteiger partial charge in [-0.05, 0) is 37.6 Å². The van der Waals surface area contributed by atoms with Crippen LogP contribution in [0.3, 0.4) is 0 Å². The fraction of sp³-hybridized carbons (Fsp3) is 0.182. The molecule has 2 aromatic heterocycles. The van der Waals surface area contributed by atoms with Crippen molar-refractivity contribution in [3.8, 4) is 0 Å². The zero-order valence-electron chi connectivity index (χ0n) is 16.3. The molecule has 0 spiro atoms. The number of fused-ring (bicyclic) bond motifs is 1. The third-order valence-corrected chi connectivity index (χ3v) is 5.30. The van der Waals surface area contributed by atoms with Crippen molar-refractivity contribution in [3.05, 3.63) is 83.7 Å². The van der Waals surface area contributed by atoms with E-state index in [9.17, 15) is 4.79 Å². The molecule has 0 saturated heterocycles. The highest BCUT2D eigenvalue weighted by atomic mass is 32.2. The molecular weight excluding hydrogens is 382 g/mol. The van der Waals surface area contributed by atoms with Crippen LogP contribution in [0, 0.1) is 13.8 Å². The molecule has 0 aliphatic carbocycles. The van der Waals surface area contributed by atoms with Gasteiger partial charge < -0.3 is 4.90 Å². The molecule has 0 aliphatic rings. The lowest BCUT2D eigenvalue weighted by Crippen LogP contribution is -2.31. The number of hydrogen-bond acceptors (Lipinski definition) is 5. The van der Waals surface area contributed by atoms with Crippen molar-refractivity contribution in [3.63, 3.8) is 0 Å². The van der Waals surface area contributed by atoms with Gasteiger partial charge in [0.15, 0.2) is 0 Å². The van der Waals surface area contributed by atoms with Gasteiger partial charge in [0, 0.05) is 17.1 Å². The van der Waals surface area contributed by atoms with Crippen molar-refractivity contribution in [1.82, 2.24) is 19.6 Å². The average Bonchev–Trinajstić information content (AvgIpc) is 3.15. The number of rotatable bonds is 6. The van der Waals surface area contributed by atoms with Crippen molar-refractivity contribution in [2.24, 2.45) is 0 Å². The topological polar surface area (TPSA) is 63.4 Å². The number of anilines is 1. The number of aryl methyl sites for hydroxylation is 2. The van der Waals surface area contributed by atoms with Crippen molar-refractivity contribution >= 4 is 29.1 Å². The van der Waals surface area contributed by atoms with Gasteiger partial charge in [-0.15, -0.1) is 5.10 Å². The van der Waals surface area contributed by atoms with E-state index in [1.54, 1.807) is 9.42 Å². The molecule has 4 aromatic rings. The first kappa shape index (κ1) is 19.1. The number of benzene rings is 2. The van der Waals surface area contributed by atoms with Crippen LogP contribution in [-0.4, -0.2) is 31.2 Å². The summed E-state index contributed by atoms with van der Waals surface area (Å²) in [6.45, 7) is 4.41. The number of thioether (sulfide) groups is 1. The normalized spacial score (nSPS) is 11.0. The van der Waals surface area contributed by atoms with Crippen molar-refractivity contribution in [2.75, 3.05) is 10.7 Å². The number of amides is 1. The molecule has 0 N–H and O–H groups in total. The van der Waals surface area contributed by atoms with E-state index in [0.717, 1.165) is 22.6 Å². The van der Waals surface area contributed by atoms with Gasteiger partial charge in [0.25, 0.3) is 5.78 Å². The molecule has 0 unspecified atom stereocenters. The molecular formula is C22H21N5OS. The largest absolute Gasteiger partial charge is 0.307 e. The maximum Gasteiger partial charge on any atom is 0.253 e.